The molecular formula is C36H46ClN3O7S. The van der Waals surface area contributed by atoms with Gasteiger partial charge in [-0.05, 0) is 105 Å². The van der Waals surface area contributed by atoms with Crippen LogP contribution in [0.1, 0.15) is 73.4 Å². The zero-order valence-corrected chi connectivity index (χ0v) is 29.0. The van der Waals surface area contributed by atoms with Gasteiger partial charge < -0.3 is 24.8 Å². The van der Waals surface area contributed by atoms with E-state index in [1.54, 1.807) is 25.1 Å². The number of aryl methyl sites for hydroxylation is 1. The van der Waals surface area contributed by atoms with Gasteiger partial charge in [-0.3, -0.25) is 9.59 Å². The Kier molecular flexibility index (Phi) is 10.7. The average Bonchev–Trinajstić information content (AvgIpc) is 3.20. The highest BCUT2D eigenvalue weighted by Crippen LogP contribution is 2.47. The van der Waals surface area contributed by atoms with Gasteiger partial charge in [0.05, 0.1) is 30.3 Å². The summed E-state index contributed by atoms with van der Waals surface area (Å²) in [5, 5.41) is 11.7. The van der Waals surface area contributed by atoms with Crippen molar-refractivity contribution >= 4 is 39.1 Å². The lowest BCUT2D eigenvalue weighted by Gasteiger charge is -2.46. The largest absolute Gasteiger partial charge is 0.490 e. The van der Waals surface area contributed by atoms with Gasteiger partial charge in [0, 0.05) is 35.6 Å². The van der Waals surface area contributed by atoms with E-state index in [4.69, 9.17) is 26.2 Å². The van der Waals surface area contributed by atoms with Gasteiger partial charge in [0.15, 0.2) is 0 Å². The van der Waals surface area contributed by atoms with Crippen LogP contribution >= 0.6 is 11.6 Å². The van der Waals surface area contributed by atoms with Crippen LogP contribution in [0.25, 0.3) is 0 Å². The van der Waals surface area contributed by atoms with E-state index in [0.717, 1.165) is 37.8 Å². The molecule has 1 saturated carbocycles. The SMILES string of the molecule is CC[C@@H]1CC/C=C/[C@H](OCC(=O)NCCO)[C@@H]2CCC2CN2C[C@@]3(CCCc4cc(Cl)ccc43)COc3ccc(cc32)C(=O)NS1(=O)=O. The number of fused-ring (bicyclic) bond motifs is 4. The quantitative estimate of drug-likeness (QED) is 0.375. The highest BCUT2D eigenvalue weighted by atomic mass is 35.5. The zero-order valence-electron chi connectivity index (χ0n) is 27.5. The number of amides is 2. The highest BCUT2D eigenvalue weighted by Gasteiger charge is 2.44. The van der Waals surface area contributed by atoms with Crippen molar-refractivity contribution in [2.24, 2.45) is 11.8 Å². The Hall–Kier alpha value is -3.12. The molecule has 6 rings (SSSR count). The fourth-order valence-electron chi connectivity index (χ4n) is 7.90. The summed E-state index contributed by atoms with van der Waals surface area (Å²) in [7, 11) is -3.95. The number of benzene rings is 2. The number of carbonyl (C=O) groups is 2. The first-order valence-electron chi connectivity index (χ1n) is 17.1. The van der Waals surface area contributed by atoms with Crippen molar-refractivity contribution in [2.45, 2.75) is 75.1 Å². The third-order valence-corrected chi connectivity index (χ3v) is 12.8. The molecule has 260 valence electrons. The van der Waals surface area contributed by atoms with E-state index < -0.39 is 21.2 Å². The maximum Gasteiger partial charge on any atom is 0.264 e. The average molecular weight is 700 g/mol. The van der Waals surface area contributed by atoms with Crippen LogP contribution in [-0.4, -0.2) is 76.1 Å². The number of nitrogens with one attached hydrogen (secondary N) is 2. The number of nitrogens with zero attached hydrogens (tertiary/aromatic N) is 1. The molecule has 4 aliphatic rings. The molecule has 2 aliphatic carbocycles. The van der Waals surface area contributed by atoms with Gasteiger partial charge in [-0.1, -0.05) is 36.7 Å². The second-order valence-corrected chi connectivity index (χ2v) is 16.0. The molecule has 1 fully saturated rings. The van der Waals surface area contributed by atoms with E-state index >= 15 is 0 Å². The van der Waals surface area contributed by atoms with Crippen LogP contribution in [-0.2, 0) is 31.4 Å². The Labute approximate surface area is 288 Å². The number of sulfonamides is 1. The molecule has 3 N–H and O–H groups in total. The molecule has 10 nitrogen and oxygen atoms in total. The summed E-state index contributed by atoms with van der Waals surface area (Å²) in [6.45, 7) is 3.48. The number of hydrogen-bond acceptors (Lipinski definition) is 8. The summed E-state index contributed by atoms with van der Waals surface area (Å²) in [6.07, 6.45) is 9.54. The molecule has 0 aromatic heterocycles. The van der Waals surface area contributed by atoms with E-state index in [0.29, 0.717) is 49.7 Å². The van der Waals surface area contributed by atoms with Crippen molar-refractivity contribution < 1.29 is 32.6 Å². The first-order valence-corrected chi connectivity index (χ1v) is 19.1. The van der Waals surface area contributed by atoms with Crippen LogP contribution < -0.4 is 19.7 Å². The van der Waals surface area contributed by atoms with Gasteiger partial charge in [0.1, 0.15) is 12.4 Å². The number of anilines is 1. The van der Waals surface area contributed by atoms with Gasteiger partial charge in [-0.2, -0.15) is 0 Å². The number of rotatable bonds is 6. The molecule has 2 heterocycles. The van der Waals surface area contributed by atoms with Crippen LogP contribution in [0, 0.1) is 11.8 Å². The standard InChI is InChI=1S/C36H46ClN3O7S/c1-2-28-7-3-4-8-32(46-21-34(42)38-16-17-41)29-12-9-26(29)20-40-22-36(15-5-6-24-18-27(37)11-13-30(24)36)23-47-33-14-10-25(19-31(33)40)35(43)39-48(28,44)45/h4,8,10-11,13-14,18-19,26,28-29,32,41H,2-3,5-7,9,12,15-17,20-23H2,1H3,(H,38,42)(H,39,43)/b8-4+/t26?,28-,29-,32+,36+/m1/s1. The second kappa shape index (κ2) is 14.8. The first-order chi connectivity index (χ1) is 23.1. The van der Waals surface area contributed by atoms with Gasteiger partial charge in [0.25, 0.3) is 5.91 Å². The number of carbonyl (C=O) groups excluding carboxylic acids is 2. The normalized spacial score (nSPS) is 28.9. The molecule has 0 radical (unpaired) electrons. The van der Waals surface area contributed by atoms with Crippen molar-refractivity contribution in [3.63, 3.8) is 0 Å². The number of halogens is 1. The maximum atomic E-state index is 13.5. The summed E-state index contributed by atoms with van der Waals surface area (Å²) < 4.78 is 41.9. The highest BCUT2D eigenvalue weighted by molar-refractivity contribution is 7.90. The van der Waals surface area contributed by atoms with E-state index in [2.05, 4.69) is 27.1 Å². The maximum absolute atomic E-state index is 13.5. The third-order valence-electron chi connectivity index (χ3n) is 10.6. The fraction of sp³-hybridized carbons (Fsp3) is 0.556. The Bertz CT molecular complexity index is 1650. The fourth-order valence-corrected chi connectivity index (χ4v) is 9.52. The van der Waals surface area contributed by atoms with Crippen molar-refractivity contribution in [1.82, 2.24) is 10.0 Å². The molecule has 1 spiro atoms. The lowest BCUT2D eigenvalue weighted by molar-refractivity contribution is -0.129. The molecule has 2 aromatic carbocycles. The van der Waals surface area contributed by atoms with Gasteiger partial charge in [-0.15, -0.1) is 0 Å². The molecule has 2 amide bonds. The molecule has 48 heavy (non-hydrogen) atoms. The van der Waals surface area contributed by atoms with E-state index in [-0.39, 0.29) is 54.6 Å². The Morgan fingerprint density at radius 1 is 1.21 bits per heavy atom. The summed E-state index contributed by atoms with van der Waals surface area (Å²) in [6, 6.07) is 11.3. The molecule has 0 saturated heterocycles. The summed E-state index contributed by atoms with van der Waals surface area (Å²) in [4.78, 5) is 28.2. The smallest absolute Gasteiger partial charge is 0.264 e. The number of hydrogen-bond donors (Lipinski definition) is 3. The van der Waals surface area contributed by atoms with Crippen molar-refractivity contribution in [2.75, 3.05) is 44.4 Å². The molecule has 1 unspecified atom stereocenters. The molecule has 2 bridgehead atoms. The summed E-state index contributed by atoms with van der Waals surface area (Å²) in [5.74, 6) is 0.0926. The van der Waals surface area contributed by atoms with Crippen molar-refractivity contribution in [3.8, 4) is 5.75 Å². The molecule has 2 aliphatic heterocycles. The third kappa shape index (κ3) is 7.39. The van der Waals surface area contributed by atoms with Crippen LogP contribution in [0.15, 0.2) is 48.6 Å². The number of allylic oxidation sites excluding steroid dienone is 1. The Morgan fingerprint density at radius 3 is 2.83 bits per heavy atom. The van der Waals surface area contributed by atoms with Gasteiger partial charge >= 0.3 is 0 Å². The molecular weight excluding hydrogens is 654 g/mol. The lowest BCUT2D eigenvalue weighted by atomic mass is 9.68. The zero-order chi connectivity index (χ0) is 33.9. The van der Waals surface area contributed by atoms with Crippen molar-refractivity contribution in [3.05, 3.63) is 70.3 Å². The minimum atomic E-state index is -3.95. The minimum Gasteiger partial charge on any atom is -0.490 e. The predicted molar refractivity (Wildman–Crippen MR) is 185 cm³/mol. The second-order valence-electron chi connectivity index (χ2n) is 13.6. The molecule has 12 heteroatoms. The Morgan fingerprint density at radius 2 is 2.06 bits per heavy atom. The minimum absolute atomic E-state index is 0.136. The number of aliphatic hydroxyl groups is 1. The number of aliphatic hydroxyl groups excluding tert-OH is 1. The lowest BCUT2D eigenvalue weighted by Crippen LogP contribution is -2.50. The van der Waals surface area contributed by atoms with E-state index in [1.165, 1.54) is 11.1 Å². The molecule has 2 aromatic rings. The topological polar surface area (TPSA) is 134 Å². The monoisotopic (exact) mass is 699 g/mol. The molecule has 5 atom stereocenters. The van der Waals surface area contributed by atoms with Crippen LogP contribution in [0.4, 0.5) is 5.69 Å². The predicted octanol–water partition coefficient (Wildman–Crippen LogP) is 4.52. The summed E-state index contributed by atoms with van der Waals surface area (Å²) in [5.41, 5.74) is 3.18. The van der Waals surface area contributed by atoms with Crippen LogP contribution in [0.5, 0.6) is 5.75 Å². The van der Waals surface area contributed by atoms with Crippen LogP contribution in [0.2, 0.25) is 5.02 Å². The van der Waals surface area contributed by atoms with Gasteiger partial charge in [0.2, 0.25) is 15.9 Å². The van der Waals surface area contributed by atoms with Gasteiger partial charge in [-0.25, -0.2) is 13.1 Å². The van der Waals surface area contributed by atoms with Crippen LogP contribution in [0.3, 0.4) is 0 Å². The van der Waals surface area contributed by atoms with E-state index in [1.807, 2.05) is 18.2 Å². The summed E-state index contributed by atoms with van der Waals surface area (Å²) >= 11 is 6.42. The van der Waals surface area contributed by atoms with Crippen molar-refractivity contribution in [1.29, 1.82) is 0 Å². The number of ether oxygens (including phenoxy) is 2. The Balaban J connectivity index is 1.38. The van der Waals surface area contributed by atoms with E-state index in [9.17, 15) is 18.0 Å². The first kappa shape index (κ1) is 34.7.